The molecule has 0 radical (unpaired) electrons. The predicted octanol–water partition coefficient (Wildman–Crippen LogP) is 1.84. The Labute approximate surface area is 103 Å². The molecule has 0 atom stereocenters. The fourth-order valence-electron chi connectivity index (χ4n) is 1.44. The number of nitrogens with one attached hydrogen (secondary N) is 1. The Morgan fingerprint density at radius 3 is 3.12 bits per heavy atom. The van der Waals surface area contributed by atoms with Crippen LogP contribution < -0.4 is 10.1 Å². The average Bonchev–Trinajstić information content (AvgIpc) is 2.35. The quantitative estimate of drug-likeness (QED) is 0.659. The monoisotopic (exact) mass is 251 g/mol. The van der Waals surface area contributed by atoms with E-state index in [1.807, 2.05) is 0 Å². The summed E-state index contributed by atoms with van der Waals surface area (Å²) in [7, 11) is 0. The molecule has 1 amide bonds. The third-order valence-corrected chi connectivity index (χ3v) is 2.49. The predicted molar refractivity (Wildman–Crippen MR) is 65.3 cm³/mol. The Morgan fingerprint density at radius 1 is 1.53 bits per heavy atom. The van der Waals surface area contributed by atoms with Crippen molar-refractivity contribution in [2.75, 3.05) is 17.8 Å². The summed E-state index contributed by atoms with van der Waals surface area (Å²) in [6.45, 7) is 0.0346. The molecule has 2 rings (SSSR count). The Balaban J connectivity index is 2.21. The number of hydrogen-bond acceptors (Lipinski definition) is 3. The summed E-state index contributed by atoms with van der Waals surface area (Å²) in [5.74, 6) is 0.243. The first-order chi connectivity index (χ1) is 8.19. The lowest BCUT2D eigenvalue weighted by atomic mass is 10.1. The maximum absolute atomic E-state index is 11.1. The number of alkyl halides is 1. The van der Waals surface area contributed by atoms with Crippen LogP contribution in [-0.4, -0.2) is 24.2 Å². The van der Waals surface area contributed by atoms with E-state index in [9.17, 15) is 9.59 Å². The van der Waals surface area contributed by atoms with Crippen LogP contribution in [0.1, 0.15) is 5.56 Å². The van der Waals surface area contributed by atoms with Crippen molar-refractivity contribution in [3.63, 3.8) is 0 Å². The van der Waals surface area contributed by atoms with E-state index in [0.29, 0.717) is 11.4 Å². The number of carbonyl (C=O) groups is 2. The van der Waals surface area contributed by atoms with E-state index in [1.165, 1.54) is 6.08 Å². The zero-order valence-corrected chi connectivity index (χ0v) is 9.66. The molecule has 4 nitrogen and oxygen atoms in total. The molecule has 1 N–H and O–H groups in total. The Hall–Kier alpha value is -1.81. The molecule has 0 fully saturated rings. The zero-order chi connectivity index (χ0) is 12.3. The Bertz CT molecular complexity index is 497. The summed E-state index contributed by atoms with van der Waals surface area (Å²) >= 11 is 5.37. The van der Waals surface area contributed by atoms with Crippen LogP contribution in [0.25, 0.3) is 6.08 Å². The molecule has 1 aromatic carbocycles. The van der Waals surface area contributed by atoms with Crippen molar-refractivity contribution in [1.82, 2.24) is 0 Å². The minimum atomic E-state index is -0.185. The Kier molecular flexibility index (Phi) is 3.44. The lowest BCUT2D eigenvalue weighted by molar-refractivity contribution is -0.118. The van der Waals surface area contributed by atoms with Gasteiger partial charge in [-0.05, 0) is 23.8 Å². The lowest BCUT2D eigenvalue weighted by Crippen LogP contribution is -2.25. The molecule has 0 aromatic heterocycles. The van der Waals surface area contributed by atoms with E-state index in [1.54, 1.807) is 24.3 Å². The van der Waals surface area contributed by atoms with Gasteiger partial charge in [0.15, 0.2) is 12.4 Å². The van der Waals surface area contributed by atoms with Crippen LogP contribution in [0.5, 0.6) is 5.75 Å². The molecule has 0 aliphatic carbocycles. The van der Waals surface area contributed by atoms with Crippen LogP contribution in [0.2, 0.25) is 0 Å². The van der Waals surface area contributed by atoms with Gasteiger partial charge in [0.25, 0.3) is 5.91 Å². The number of ketones is 1. The van der Waals surface area contributed by atoms with Crippen molar-refractivity contribution < 1.29 is 14.3 Å². The summed E-state index contributed by atoms with van der Waals surface area (Å²) < 4.78 is 5.21. The first kappa shape index (κ1) is 11.7. The van der Waals surface area contributed by atoms with Crippen molar-refractivity contribution in [2.45, 2.75) is 0 Å². The molecule has 88 valence electrons. The molecule has 0 bridgehead atoms. The van der Waals surface area contributed by atoms with Crippen molar-refractivity contribution in [1.29, 1.82) is 0 Å². The van der Waals surface area contributed by atoms with E-state index in [4.69, 9.17) is 16.3 Å². The number of rotatable bonds is 3. The lowest BCUT2D eigenvalue weighted by Gasteiger charge is -2.17. The maximum Gasteiger partial charge on any atom is 0.262 e. The normalized spacial score (nSPS) is 14.1. The van der Waals surface area contributed by atoms with Crippen molar-refractivity contribution in [3.05, 3.63) is 29.8 Å². The molecule has 0 saturated heterocycles. The number of anilines is 1. The van der Waals surface area contributed by atoms with Gasteiger partial charge >= 0.3 is 0 Å². The van der Waals surface area contributed by atoms with Crippen molar-refractivity contribution >= 4 is 35.1 Å². The smallest absolute Gasteiger partial charge is 0.262 e. The molecular formula is C12H10ClNO3. The molecule has 1 aliphatic heterocycles. The highest BCUT2D eigenvalue weighted by molar-refractivity contribution is 6.29. The molecule has 1 aromatic rings. The van der Waals surface area contributed by atoms with Crippen molar-refractivity contribution in [2.24, 2.45) is 0 Å². The summed E-state index contributed by atoms with van der Waals surface area (Å²) in [6.07, 6.45) is 3.05. The molecule has 0 unspecified atom stereocenters. The van der Waals surface area contributed by atoms with Gasteiger partial charge in [0.05, 0.1) is 11.6 Å². The molecular weight excluding hydrogens is 242 g/mol. The van der Waals surface area contributed by atoms with E-state index in [0.717, 1.165) is 5.56 Å². The molecule has 5 heteroatoms. The number of ether oxygens (including phenoxy) is 1. The number of benzene rings is 1. The number of allylic oxidation sites excluding steroid dienone is 1. The van der Waals surface area contributed by atoms with Gasteiger partial charge in [0.2, 0.25) is 0 Å². The standard InChI is InChI=1S/C12H10ClNO3/c13-6-9(15)3-1-8-2-4-11-10(5-8)14-12(16)7-17-11/h1-5H,6-7H2,(H,14,16). The third-order valence-electron chi connectivity index (χ3n) is 2.23. The zero-order valence-electron chi connectivity index (χ0n) is 8.90. The summed E-state index contributed by atoms with van der Waals surface area (Å²) in [4.78, 5) is 22.1. The van der Waals surface area contributed by atoms with E-state index in [-0.39, 0.29) is 24.2 Å². The van der Waals surface area contributed by atoms with E-state index in [2.05, 4.69) is 5.32 Å². The summed E-state index contributed by atoms with van der Waals surface area (Å²) in [5, 5.41) is 2.69. The van der Waals surface area contributed by atoms with Crippen LogP contribution in [0.4, 0.5) is 5.69 Å². The van der Waals surface area contributed by atoms with Gasteiger partial charge in [-0.25, -0.2) is 0 Å². The van der Waals surface area contributed by atoms with Crippen LogP contribution in [-0.2, 0) is 9.59 Å². The second-order valence-electron chi connectivity index (χ2n) is 3.53. The molecule has 1 aliphatic rings. The highest BCUT2D eigenvalue weighted by Gasteiger charge is 2.15. The highest BCUT2D eigenvalue weighted by Crippen LogP contribution is 2.28. The summed E-state index contributed by atoms with van der Waals surface area (Å²) in [6, 6.07) is 5.29. The first-order valence-electron chi connectivity index (χ1n) is 5.02. The van der Waals surface area contributed by atoms with Crippen LogP contribution in [0, 0.1) is 0 Å². The largest absolute Gasteiger partial charge is 0.482 e. The average molecular weight is 252 g/mol. The van der Waals surface area contributed by atoms with Gasteiger partial charge in [0, 0.05) is 0 Å². The van der Waals surface area contributed by atoms with Gasteiger partial charge in [0.1, 0.15) is 5.75 Å². The minimum absolute atomic E-state index is 0.0346. The molecule has 1 heterocycles. The minimum Gasteiger partial charge on any atom is -0.482 e. The number of halogens is 1. The molecule has 17 heavy (non-hydrogen) atoms. The second kappa shape index (κ2) is 5.01. The van der Waals surface area contributed by atoms with E-state index >= 15 is 0 Å². The van der Waals surface area contributed by atoms with Crippen LogP contribution in [0.3, 0.4) is 0 Å². The number of fused-ring (bicyclic) bond motifs is 1. The van der Waals surface area contributed by atoms with Gasteiger partial charge in [-0.1, -0.05) is 12.1 Å². The second-order valence-corrected chi connectivity index (χ2v) is 3.79. The molecule has 0 spiro atoms. The van der Waals surface area contributed by atoms with Crippen LogP contribution in [0.15, 0.2) is 24.3 Å². The maximum atomic E-state index is 11.1. The molecule has 0 saturated carbocycles. The van der Waals surface area contributed by atoms with Gasteiger partial charge in [-0.2, -0.15) is 0 Å². The van der Waals surface area contributed by atoms with E-state index < -0.39 is 0 Å². The van der Waals surface area contributed by atoms with Gasteiger partial charge < -0.3 is 10.1 Å². The number of hydrogen-bond donors (Lipinski definition) is 1. The highest BCUT2D eigenvalue weighted by atomic mass is 35.5. The SMILES string of the molecule is O=C(C=Cc1ccc2c(c1)NC(=O)CO2)CCl. The first-order valence-corrected chi connectivity index (χ1v) is 5.56. The fourth-order valence-corrected chi connectivity index (χ4v) is 1.53. The van der Waals surface area contributed by atoms with Crippen molar-refractivity contribution in [3.8, 4) is 5.75 Å². The number of carbonyl (C=O) groups excluding carboxylic acids is 2. The Morgan fingerprint density at radius 2 is 2.35 bits per heavy atom. The number of amides is 1. The fraction of sp³-hybridized carbons (Fsp3) is 0.167. The van der Waals surface area contributed by atoms with Gasteiger partial charge in [-0.3, -0.25) is 9.59 Å². The summed E-state index contributed by atoms with van der Waals surface area (Å²) in [5.41, 5.74) is 1.41. The topological polar surface area (TPSA) is 55.4 Å². The van der Waals surface area contributed by atoms with Gasteiger partial charge in [-0.15, -0.1) is 11.6 Å². The third kappa shape index (κ3) is 2.85. The van der Waals surface area contributed by atoms with Crippen LogP contribution >= 0.6 is 11.6 Å².